The number of hydrogen-bond donors (Lipinski definition) is 3. The minimum Gasteiger partial charge on any atom is -0.507 e. The molecule has 2 atom stereocenters. The molecule has 27 heavy (non-hydrogen) atoms. The summed E-state index contributed by atoms with van der Waals surface area (Å²) < 4.78 is 6.04. The number of hydrogen-bond acceptors (Lipinski definition) is 6. The molecule has 0 radical (unpaired) electrons. The van der Waals surface area contributed by atoms with Crippen LogP contribution in [0, 0.1) is 0 Å². The van der Waals surface area contributed by atoms with Crippen LogP contribution in [0.15, 0.2) is 51.7 Å². The molecule has 0 saturated carbocycles. The average molecular weight is 367 g/mol. The van der Waals surface area contributed by atoms with Crippen LogP contribution >= 0.6 is 0 Å². The van der Waals surface area contributed by atoms with Crippen LogP contribution in [0.5, 0.6) is 11.5 Å². The van der Waals surface area contributed by atoms with Crippen molar-refractivity contribution >= 4 is 11.0 Å². The van der Waals surface area contributed by atoms with E-state index in [1.54, 1.807) is 0 Å². The van der Waals surface area contributed by atoms with Gasteiger partial charge in [0.1, 0.15) is 28.2 Å². The first-order valence-corrected chi connectivity index (χ1v) is 8.90. The van der Waals surface area contributed by atoms with E-state index >= 15 is 0 Å². The molecule has 4 rings (SSSR count). The standard InChI is InChI=1S/C21H21NO5/c1-22-8-7-13(14(22)11-23)19-15(24)9-16(25)20-17(26)10-18(27-21(19)20)12-5-3-2-4-6-12/h2-6,9-10,13-14,23-25H,7-8,11H2,1H3/t13-,14+/m1/s1. The van der Waals surface area contributed by atoms with Crippen molar-refractivity contribution in [2.45, 2.75) is 18.4 Å². The number of fused-ring (bicyclic) bond motifs is 1. The molecular formula is C21H21NO5. The van der Waals surface area contributed by atoms with Crippen LogP contribution in [0.25, 0.3) is 22.3 Å². The Balaban J connectivity index is 2.01. The summed E-state index contributed by atoms with van der Waals surface area (Å²) in [5.74, 6) is -0.290. The molecule has 1 saturated heterocycles. The van der Waals surface area contributed by atoms with E-state index in [1.807, 2.05) is 42.3 Å². The zero-order valence-corrected chi connectivity index (χ0v) is 14.9. The minimum atomic E-state index is -0.374. The third kappa shape index (κ3) is 2.87. The van der Waals surface area contributed by atoms with Crippen molar-refractivity contribution in [1.82, 2.24) is 4.90 Å². The first-order valence-electron chi connectivity index (χ1n) is 8.90. The van der Waals surface area contributed by atoms with Crippen molar-refractivity contribution in [2.75, 3.05) is 20.2 Å². The molecule has 6 nitrogen and oxygen atoms in total. The Hall–Kier alpha value is -2.83. The molecule has 1 aliphatic rings. The van der Waals surface area contributed by atoms with Crippen molar-refractivity contribution in [1.29, 1.82) is 0 Å². The van der Waals surface area contributed by atoms with Gasteiger partial charge in [-0.15, -0.1) is 0 Å². The topological polar surface area (TPSA) is 94.1 Å². The molecule has 2 aromatic carbocycles. The lowest BCUT2D eigenvalue weighted by Gasteiger charge is -2.24. The van der Waals surface area contributed by atoms with Gasteiger partial charge >= 0.3 is 0 Å². The van der Waals surface area contributed by atoms with E-state index in [4.69, 9.17) is 4.42 Å². The predicted octanol–water partition coefficient (Wildman–Crippen LogP) is 2.65. The van der Waals surface area contributed by atoms with Crippen LogP contribution in [-0.2, 0) is 0 Å². The van der Waals surface area contributed by atoms with Crippen molar-refractivity contribution in [3.05, 3.63) is 58.3 Å². The highest BCUT2D eigenvalue weighted by Crippen LogP contribution is 2.44. The molecule has 0 amide bonds. The van der Waals surface area contributed by atoms with E-state index in [0.717, 1.165) is 12.1 Å². The number of phenols is 2. The number of phenolic OH excluding ortho intramolecular Hbond substituents is 2. The number of aliphatic hydroxyl groups excluding tert-OH is 1. The Morgan fingerprint density at radius 1 is 1.15 bits per heavy atom. The quantitative estimate of drug-likeness (QED) is 0.659. The van der Waals surface area contributed by atoms with Crippen molar-refractivity contribution in [2.24, 2.45) is 0 Å². The fourth-order valence-electron chi connectivity index (χ4n) is 4.04. The van der Waals surface area contributed by atoms with E-state index in [2.05, 4.69) is 0 Å². The fraction of sp³-hybridized carbons (Fsp3) is 0.286. The van der Waals surface area contributed by atoms with E-state index in [1.165, 1.54) is 12.1 Å². The van der Waals surface area contributed by atoms with E-state index < -0.39 is 0 Å². The van der Waals surface area contributed by atoms with Crippen LogP contribution in [0.2, 0.25) is 0 Å². The largest absolute Gasteiger partial charge is 0.507 e. The molecule has 0 aliphatic carbocycles. The number of aromatic hydroxyl groups is 2. The highest BCUT2D eigenvalue weighted by atomic mass is 16.3. The minimum absolute atomic E-state index is 0.0497. The van der Waals surface area contributed by atoms with E-state index in [0.29, 0.717) is 17.7 Å². The zero-order chi connectivity index (χ0) is 19.1. The lowest BCUT2D eigenvalue weighted by atomic mass is 9.89. The maximum Gasteiger partial charge on any atom is 0.197 e. The van der Waals surface area contributed by atoms with Crippen LogP contribution in [0.3, 0.4) is 0 Å². The Bertz CT molecular complexity index is 1040. The Morgan fingerprint density at radius 2 is 1.89 bits per heavy atom. The summed E-state index contributed by atoms with van der Waals surface area (Å²) in [6.45, 7) is 0.673. The van der Waals surface area contributed by atoms with E-state index in [9.17, 15) is 20.1 Å². The van der Waals surface area contributed by atoms with Crippen molar-refractivity contribution in [3.63, 3.8) is 0 Å². The molecule has 3 aromatic rings. The molecule has 140 valence electrons. The second-order valence-electron chi connectivity index (χ2n) is 7.00. The molecular weight excluding hydrogens is 346 g/mol. The average Bonchev–Trinajstić information content (AvgIpc) is 3.02. The lowest BCUT2D eigenvalue weighted by Crippen LogP contribution is -2.32. The second kappa shape index (κ2) is 6.72. The maximum atomic E-state index is 12.7. The van der Waals surface area contributed by atoms with Crippen LogP contribution < -0.4 is 5.43 Å². The van der Waals surface area contributed by atoms with Gasteiger partial charge in [-0.05, 0) is 20.0 Å². The van der Waals surface area contributed by atoms with Gasteiger partial charge in [0.05, 0.1) is 6.61 Å². The van der Waals surface area contributed by atoms with Gasteiger partial charge in [-0.1, -0.05) is 30.3 Å². The number of likely N-dealkylation sites (tertiary alicyclic amines) is 1. The molecule has 0 spiro atoms. The van der Waals surface area contributed by atoms with Gasteiger partial charge in [0, 0.05) is 35.2 Å². The van der Waals surface area contributed by atoms with Crippen LogP contribution in [-0.4, -0.2) is 46.5 Å². The lowest BCUT2D eigenvalue weighted by molar-refractivity contribution is 0.172. The van der Waals surface area contributed by atoms with Crippen molar-refractivity contribution in [3.8, 4) is 22.8 Å². The normalized spacial score (nSPS) is 20.4. The zero-order valence-electron chi connectivity index (χ0n) is 14.9. The number of benzene rings is 2. The van der Waals surface area contributed by atoms with Gasteiger partial charge in [0.2, 0.25) is 0 Å². The molecule has 1 fully saturated rings. The Kier molecular flexibility index (Phi) is 4.37. The molecule has 1 aromatic heterocycles. The summed E-state index contributed by atoms with van der Waals surface area (Å²) in [5.41, 5.74) is 0.993. The predicted molar refractivity (Wildman–Crippen MR) is 102 cm³/mol. The summed E-state index contributed by atoms with van der Waals surface area (Å²) in [5, 5.41) is 30.7. The Morgan fingerprint density at radius 3 is 2.59 bits per heavy atom. The van der Waals surface area contributed by atoms with Gasteiger partial charge in [0.25, 0.3) is 0 Å². The van der Waals surface area contributed by atoms with Crippen molar-refractivity contribution < 1.29 is 19.7 Å². The molecule has 3 N–H and O–H groups in total. The third-order valence-electron chi connectivity index (χ3n) is 5.44. The molecule has 2 heterocycles. The van der Waals surface area contributed by atoms with Gasteiger partial charge in [-0.25, -0.2) is 0 Å². The smallest absolute Gasteiger partial charge is 0.197 e. The van der Waals surface area contributed by atoms with Gasteiger partial charge in [0.15, 0.2) is 5.43 Å². The van der Waals surface area contributed by atoms with Gasteiger partial charge in [-0.2, -0.15) is 0 Å². The number of nitrogens with zero attached hydrogens (tertiary/aromatic N) is 1. The molecule has 1 aliphatic heterocycles. The summed E-state index contributed by atoms with van der Waals surface area (Å²) in [7, 11) is 1.91. The molecule has 6 heteroatoms. The summed E-state index contributed by atoms with van der Waals surface area (Å²) in [4.78, 5) is 14.7. The van der Waals surface area contributed by atoms with Crippen LogP contribution in [0.4, 0.5) is 0 Å². The first kappa shape index (κ1) is 17.6. The number of rotatable bonds is 3. The second-order valence-corrected chi connectivity index (χ2v) is 7.00. The summed E-state index contributed by atoms with van der Waals surface area (Å²) in [6, 6.07) is 11.5. The highest BCUT2D eigenvalue weighted by Gasteiger charge is 2.36. The molecule has 0 unspecified atom stereocenters. The highest BCUT2D eigenvalue weighted by molar-refractivity contribution is 5.89. The third-order valence-corrected chi connectivity index (χ3v) is 5.44. The molecule has 0 bridgehead atoms. The number of likely N-dealkylation sites (N-methyl/N-ethyl adjacent to an activating group) is 1. The number of aliphatic hydroxyl groups is 1. The monoisotopic (exact) mass is 367 g/mol. The van der Waals surface area contributed by atoms with Crippen LogP contribution in [0.1, 0.15) is 17.9 Å². The maximum absolute atomic E-state index is 12.7. The SMILES string of the molecule is CN1CC[C@@H](c2c(O)cc(O)c3c(=O)cc(-c4ccccc4)oc23)[C@@H]1CO. The summed E-state index contributed by atoms with van der Waals surface area (Å²) in [6.07, 6.45) is 0.703. The van der Waals surface area contributed by atoms with Gasteiger partial charge in [-0.3, -0.25) is 4.79 Å². The van der Waals surface area contributed by atoms with Gasteiger partial charge < -0.3 is 24.6 Å². The Labute approximate surface area is 155 Å². The van der Waals surface area contributed by atoms with E-state index in [-0.39, 0.29) is 46.5 Å². The first-order chi connectivity index (χ1) is 13.0. The summed E-state index contributed by atoms with van der Waals surface area (Å²) >= 11 is 0. The fourth-order valence-corrected chi connectivity index (χ4v) is 4.04.